The van der Waals surface area contributed by atoms with Crippen LogP contribution in [0, 0.1) is 0 Å². The third-order valence-electron chi connectivity index (χ3n) is 3.81. The van der Waals surface area contributed by atoms with E-state index >= 15 is 0 Å². The van der Waals surface area contributed by atoms with Crippen LogP contribution < -0.4 is 10.1 Å². The second kappa shape index (κ2) is 9.36. The number of anilines is 1. The lowest BCUT2D eigenvalue weighted by Gasteiger charge is -2.13. The number of hydrogen-bond acceptors (Lipinski definition) is 6. The van der Waals surface area contributed by atoms with Crippen LogP contribution in [0.2, 0.25) is 0 Å². The quantitative estimate of drug-likeness (QED) is 0.678. The molecular formula is C20H23NO6S. The molecule has 0 spiro atoms. The SMILES string of the molecule is CC(C)c1ccccc1OCC(=O)OCC(=O)Nc1ccccc1S(C)(=O)=O. The first kappa shape index (κ1) is 21.4. The Hall–Kier alpha value is -2.87. The maximum atomic E-state index is 12.0. The Labute approximate surface area is 164 Å². The molecule has 0 aliphatic carbocycles. The Morgan fingerprint density at radius 3 is 2.32 bits per heavy atom. The highest BCUT2D eigenvalue weighted by Crippen LogP contribution is 2.25. The summed E-state index contributed by atoms with van der Waals surface area (Å²) in [7, 11) is -3.50. The number of ether oxygens (including phenoxy) is 2. The van der Waals surface area contributed by atoms with E-state index in [2.05, 4.69) is 5.32 Å². The van der Waals surface area contributed by atoms with E-state index in [4.69, 9.17) is 9.47 Å². The van der Waals surface area contributed by atoms with Gasteiger partial charge in [-0.25, -0.2) is 13.2 Å². The van der Waals surface area contributed by atoms with Gasteiger partial charge in [-0.1, -0.05) is 44.2 Å². The van der Waals surface area contributed by atoms with E-state index in [1.807, 2.05) is 26.0 Å². The fraction of sp³-hybridized carbons (Fsp3) is 0.300. The van der Waals surface area contributed by atoms with Crippen LogP contribution in [0.3, 0.4) is 0 Å². The number of nitrogens with one attached hydrogen (secondary N) is 1. The molecule has 8 heteroatoms. The van der Waals surface area contributed by atoms with Crippen LogP contribution in [0.25, 0.3) is 0 Å². The molecule has 1 amide bonds. The van der Waals surface area contributed by atoms with Crippen molar-refractivity contribution >= 4 is 27.4 Å². The lowest BCUT2D eigenvalue weighted by Crippen LogP contribution is -2.24. The van der Waals surface area contributed by atoms with Crippen LogP contribution >= 0.6 is 0 Å². The summed E-state index contributed by atoms with van der Waals surface area (Å²) in [4.78, 5) is 23.8. The Kier molecular flexibility index (Phi) is 7.17. The Morgan fingerprint density at radius 1 is 1.00 bits per heavy atom. The Morgan fingerprint density at radius 2 is 1.64 bits per heavy atom. The standard InChI is InChI=1S/C20H23NO6S/c1-14(2)15-8-4-6-10-17(15)26-13-20(23)27-12-19(22)21-16-9-5-7-11-18(16)28(3,24)25/h4-11,14H,12-13H2,1-3H3,(H,21,22). The first-order valence-corrected chi connectivity index (χ1v) is 10.5. The van der Waals surface area contributed by atoms with E-state index in [9.17, 15) is 18.0 Å². The van der Waals surface area contributed by atoms with Gasteiger partial charge in [0.25, 0.3) is 5.91 Å². The second-order valence-electron chi connectivity index (χ2n) is 6.46. The van der Waals surface area contributed by atoms with Crippen molar-refractivity contribution in [2.45, 2.75) is 24.7 Å². The average molecular weight is 405 g/mol. The number of hydrogen-bond donors (Lipinski definition) is 1. The molecule has 0 aliphatic heterocycles. The minimum atomic E-state index is -3.50. The van der Waals surface area contributed by atoms with Crippen LogP contribution in [0.15, 0.2) is 53.4 Å². The zero-order valence-corrected chi connectivity index (χ0v) is 16.8. The number of carbonyl (C=O) groups is 2. The first-order chi connectivity index (χ1) is 13.2. The summed E-state index contributed by atoms with van der Waals surface area (Å²) in [6.07, 6.45) is 1.05. The van der Waals surface area contributed by atoms with Crippen molar-refractivity contribution in [2.75, 3.05) is 24.8 Å². The molecule has 0 heterocycles. The zero-order valence-electron chi connectivity index (χ0n) is 16.0. The molecule has 2 aromatic carbocycles. The zero-order chi connectivity index (χ0) is 20.7. The minimum absolute atomic E-state index is 0.0108. The lowest BCUT2D eigenvalue weighted by atomic mass is 10.0. The molecule has 0 aliphatic rings. The number of rotatable bonds is 8. The highest BCUT2D eigenvalue weighted by molar-refractivity contribution is 7.90. The highest BCUT2D eigenvalue weighted by atomic mass is 32.2. The maximum absolute atomic E-state index is 12.0. The lowest BCUT2D eigenvalue weighted by molar-refractivity contribution is -0.149. The van der Waals surface area contributed by atoms with E-state index in [1.54, 1.807) is 24.3 Å². The molecule has 0 saturated heterocycles. The molecular weight excluding hydrogens is 382 g/mol. The van der Waals surface area contributed by atoms with Crippen molar-refractivity contribution in [3.05, 3.63) is 54.1 Å². The number of benzene rings is 2. The molecule has 2 aromatic rings. The summed E-state index contributed by atoms with van der Waals surface area (Å²) in [5.41, 5.74) is 1.10. The Balaban J connectivity index is 1.88. The number of para-hydroxylation sites is 2. The normalized spacial score (nSPS) is 11.1. The van der Waals surface area contributed by atoms with E-state index < -0.39 is 28.3 Å². The molecule has 0 bridgehead atoms. The van der Waals surface area contributed by atoms with Crippen LogP contribution in [0.4, 0.5) is 5.69 Å². The number of esters is 1. The number of amides is 1. The van der Waals surface area contributed by atoms with Crippen molar-refractivity contribution < 1.29 is 27.5 Å². The Bertz CT molecular complexity index is 953. The summed E-state index contributed by atoms with van der Waals surface area (Å²) >= 11 is 0. The van der Waals surface area contributed by atoms with Crippen molar-refractivity contribution in [1.29, 1.82) is 0 Å². The summed E-state index contributed by atoms with van der Waals surface area (Å²) in [6.45, 7) is 3.14. The number of carbonyl (C=O) groups excluding carboxylic acids is 2. The maximum Gasteiger partial charge on any atom is 0.344 e. The monoisotopic (exact) mass is 405 g/mol. The predicted octanol–water partition coefficient (Wildman–Crippen LogP) is 2.77. The van der Waals surface area contributed by atoms with E-state index in [0.717, 1.165) is 11.8 Å². The molecule has 0 atom stereocenters. The fourth-order valence-electron chi connectivity index (χ4n) is 2.49. The molecule has 1 N–H and O–H groups in total. The van der Waals surface area contributed by atoms with Crippen molar-refractivity contribution in [2.24, 2.45) is 0 Å². The molecule has 2 rings (SSSR count). The average Bonchev–Trinajstić information content (AvgIpc) is 2.64. The number of sulfone groups is 1. The molecule has 0 saturated carbocycles. The minimum Gasteiger partial charge on any atom is -0.482 e. The van der Waals surface area contributed by atoms with Gasteiger partial charge < -0.3 is 14.8 Å². The summed E-state index contributed by atoms with van der Waals surface area (Å²) in [6, 6.07) is 13.4. The van der Waals surface area contributed by atoms with Gasteiger partial charge in [-0.3, -0.25) is 4.79 Å². The highest BCUT2D eigenvalue weighted by Gasteiger charge is 2.16. The van der Waals surface area contributed by atoms with Crippen molar-refractivity contribution in [3.8, 4) is 5.75 Å². The topological polar surface area (TPSA) is 98.8 Å². The summed E-state index contributed by atoms with van der Waals surface area (Å²) in [5.74, 6) is -0.536. The van der Waals surface area contributed by atoms with Crippen LogP contribution in [-0.2, 0) is 24.2 Å². The fourth-order valence-corrected chi connectivity index (χ4v) is 3.34. The molecule has 150 valence electrons. The van der Waals surface area contributed by atoms with E-state index in [-0.39, 0.29) is 23.1 Å². The predicted molar refractivity (Wildman–Crippen MR) is 105 cm³/mol. The molecule has 0 aromatic heterocycles. The van der Waals surface area contributed by atoms with Crippen LogP contribution in [-0.4, -0.2) is 39.8 Å². The smallest absolute Gasteiger partial charge is 0.344 e. The van der Waals surface area contributed by atoms with E-state index in [1.165, 1.54) is 12.1 Å². The first-order valence-electron chi connectivity index (χ1n) is 8.64. The molecule has 0 fully saturated rings. The van der Waals surface area contributed by atoms with Gasteiger partial charge in [-0.15, -0.1) is 0 Å². The molecule has 0 radical (unpaired) electrons. The molecule has 7 nitrogen and oxygen atoms in total. The van der Waals surface area contributed by atoms with Crippen molar-refractivity contribution in [1.82, 2.24) is 0 Å². The van der Waals surface area contributed by atoms with Gasteiger partial charge in [0.15, 0.2) is 23.1 Å². The van der Waals surface area contributed by atoms with Gasteiger partial charge in [0, 0.05) is 6.26 Å². The molecule has 0 unspecified atom stereocenters. The summed E-state index contributed by atoms with van der Waals surface area (Å²) < 4.78 is 33.9. The largest absolute Gasteiger partial charge is 0.482 e. The third kappa shape index (κ3) is 6.09. The molecule has 28 heavy (non-hydrogen) atoms. The van der Waals surface area contributed by atoms with Gasteiger partial charge in [0.2, 0.25) is 0 Å². The van der Waals surface area contributed by atoms with Gasteiger partial charge in [0.1, 0.15) is 5.75 Å². The second-order valence-corrected chi connectivity index (χ2v) is 8.44. The van der Waals surface area contributed by atoms with E-state index in [0.29, 0.717) is 5.75 Å². The summed E-state index contributed by atoms with van der Waals surface area (Å²) in [5, 5.41) is 2.43. The van der Waals surface area contributed by atoms with Gasteiger partial charge >= 0.3 is 5.97 Å². The third-order valence-corrected chi connectivity index (χ3v) is 4.97. The van der Waals surface area contributed by atoms with Crippen molar-refractivity contribution in [3.63, 3.8) is 0 Å². The van der Waals surface area contributed by atoms with Crippen LogP contribution in [0.5, 0.6) is 5.75 Å². The van der Waals surface area contributed by atoms with Gasteiger partial charge in [0.05, 0.1) is 10.6 Å². The van der Waals surface area contributed by atoms with Gasteiger partial charge in [-0.2, -0.15) is 0 Å². The van der Waals surface area contributed by atoms with Gasteiger partial charge in [-0.05, 0) is 29.7 Å². The van der Waals surface area contributed by atoms with Crippen LogP contribution in [0.1, 0.15) is 25.3 Å².